The minimum absolute atomic E-state index is 0.000843. The van der Waals surface area contributed by atoms with Gasteiger partial charge in [-0.1, -0.05) is 84.3 Å². The fraction of sp³-hybridized carbons (Fsp3) is 0.705. The highest BCUT2D eigenvalue weighted by atomic mass is 16.7. The molecule has 0 spiro atoms. The van der Waals surface area contributed by atoms with Crippen LogP contribution in [0.25, 0.3) is 0 Å². The molecule has 0 amide bonds. The van der Waals surface area contributed by atoms with Gasteiger partial charge < -0.3 is 48.5 Å². The first-order valence-electron chi connectivity index (χ1n) is 20.2. The van der Waals surface area contributed by atoms with Crippen LogP contribution in [0.1, 0.15) is 119 Å². The van der Waals surface area contributed by atoms with Crippen LogP contribution in [0.4, 0.5) is 0 Å². The number of ether oxygens (including phenoxy) is 7. The van der Waals surface area contributed by atoms with Crippen LogP contribution in [0.3, 0.4) is 0 Å². The zero-order chi connectivity index (χ0) is 42.2. The highest BCUT2D eigenvalue weighted by Gasteiger charge is 2.59. The van der Waals surface area contributed by atoms with Crippen LogP contribution in [-0.4, -0.2) is 101 Å². The van der Waals surface area contributed by atoms with Gasteiger partial charge in [0.25, 0.3) is 0 Å². The number of fused-ring (bicyclic) bond motifs is 6. The van der Waals surface area contributed by atoms with Crippen molar-refractivity contribution in [2.24, 2.45) is 10.8 Å². The largest absolute Gasteiger partial charge is 0.498 e. The van der Waals surface area contributed by atoms with E-state index in [2.05, 4.69) is 31.9 Å². The second kappa shape index (κ2) is 19.5. The summed E-state index contributed by atoms with van der Waals surface area (Å²) >= 11 is 0. The molecule has 4 rings (SSSR count). The van der Waals surface area contributed by atoms with E-state index < -0.39 is 83.0 Å². The molecule has 318 valence electrons. The maximum atomic E-state index is 13.2. The summed E-state index contributed by atoms with van der Waals surface area (Å²) in [6.45, 7) is 18.7. The number of methoxy groups -OCH3 is 1. The average molecular weight is 801 g/mol. The summed E-state index contributed by atoms with van der Waals surface area (Å²) in [5, 5.41) is 36.2. The second-order valence-electron chi connectivity index (χ2n) is 17.0. The zero-order valence-corrected chi connectivity index (χ0v) is 34.8. The Morgan fingerprint density at radius 2 is 1.72 bits per heavy atom. The fourth-order valence-electron chi connectivity index (χ4n) is 8.06. The number of carbonyl (C=O) groups is 3. The molecule has 1 unspecified atom stereocenters. The maximum absolute atomic E-state index is 13.2. The number of hydrogen-bond acceptors (Lipinski definition) is 13. The Morgan fingerprint density at radius 3 is 2.40 bits per heavy atom. The van der Waals surface area contributed by atoms with E-state index in [0.29, 0.717) is 19.3 Å². The molecule has 13 nitrogen and oxygen atoms in total. The Labute approximate surface area is 337 Å². The summed E-state index contributed by atoms with van der Waals surface area (Å²) in [5.41, 5.74) is -1.24. The molecule has 13 heteroatoms. The molecule has 0 aromatic carbocycles. The Balaban J connectivity index is 1.75. The smallest absolute Gasteiger partial charge is 0.385 e. The fourth-order valence-corrected chi connectivity index (χ4v) is 8.06. The molecule has 3 saturated heterocycles. The van der Waals surface area contributed by atoms with Gasteiger partial charge in [-0.25, -0.2) is 9.59 Å². The lowest BCUT2D eigenvalue weighted by molar-refractivity contribution is -0.348. The van der Waals surface area contributed by atoms with E-state index >= 15 is 0 Å². The standard InChI is InChI=1S/C44H64O13/c1-10-11-12-13-14-15-38(47)55-40-31(24-39(48)51-9)23-34-17-19-52-29(3)22-32(46)25-35-26-37(53-30(4)45)42(7,8)43(49,56-35)27-36-21-28(2)20-33(54-36)16-18-41(5,6)44(40,50)57-34/h16,18,24,32-37,40,46,49-50H,2-3,10-13,17,19-23,25-27H2,1,4-9H3/b18-16+,31-24+/t32?,33-,34+,35+,36-,37-,40-,43-,44+/m0/s1. The second-order valence-corrected chi connectivity index (χ2v) is 17.0. The average Bonchev–Trinajstić information content (AvgIpc) is 3.10. The molecule has 4 aliphatic heterocycles. The van der Waals surface area contributed by atoms with Crippen molar-refractivity contribution in [3.8, 4) is 11.8 Å². The molecule has 0 saturated carbocycles. The van der Waals surface area contributed by atoms with Crippen molar-refractivity contribution in [1.82, 2.24) is 0 Å². The van der Waals surface area contributed by atoms with Crippen molar-refractivity contribution in [2.75, 3.05) is 13.7 Å². The molecule has 4 aliphatic rings. The third-order valence-electron chi connectivity index (χ3n) is 11.6. The minimum atomic E-state index is -2.24. The quantitative estimate of drug-likeness (QED) is 0.0573. The SMILES string of the molecule is C=C1C[C@H]2C[C@]3(O)O[C@H](CC(O)CC(=C)OCC[C@@H]4C/C(=C\C(=O)OC)[C@H](OC(=O)C#CCCCCC)[C@@](O)(O4)C(C)(C)/C=C/[C@@H](C1)O2)C[C@H](OC(C)=O)C3(C)C. The number of hydrogen-bond donors (Lipinski definition) is 3. The highest BCUT2D eigenvalue weighted by Crippen LogP contribution is 2.50. The van der Waals surface area contributed by atoms with Gasteiger partial charge in [-0.15, -0.1) is 0 Å². The lowest BCUT2D eigenvalue weighted by Gasteiger charge is -2.53. The van der Waals surface area contributed by atoms with Gasteiger partial charge in [0.15, 0.2) is 11.9 Å². The molecular formula is C44H64O13. The van der Waals surface area contributed by atoms with Crippen molar-refractivity contribution >= 4 is 17.9 Å². The van der Waals surface area contributed by atoms with Gasteiger partial charge in [0.05, 0.1) is 55.4 Å². The van der Waals surface area contributed by atoms with E-state index in [4.69, 9.17) is 33.2 Å². The third-order valence-corrected chi connectivity index (χ3v) is 11.6. The number of rotatable bonds is 6. The zero-order valence-electron chi connectivity index (χ0n) is 34.8. The van der Waals surface area contributed by atoms with Gasteiger partial charge >= 0.3 is 17.9 Å². The molecule has 0 aromatic rings. The summed E-state index contributed by atoms with van der Waals surface area (Å²) < 4.78 is 41.9. The molecule has 6 bridgehead atoms. The van der Waals surface area contributed by atoms with E-state index in [1.165, 1.54) is 20.1 Å². The number of carbonyl (C=O) groups excluding carboxylic acids is 3. The summed E-state index contributed by atoms with van der Waals surface area (Å²) in [5.74, 6) is -0.512. The molecule has 4 heterocycles. The lowest BCUT2D eigenvalue weighted by atomic mass is 9.70. The van der Waals surface area contributed by atoms with E-state index in [1.54, 1.807) is 39.8 Å². The Morgan fingerprint density at radius 1 is 0.982 bits per heavy atom. The molecule has 3 fully saturated rings. The first-order chi connectivity index (χ1) is 26.7. The topological polar surface area (TPSA) is 177 Å². The number of aliphatic hydroxyl groups excluding tert-OH is 1. The van der Waals surface area contributed by atoms with Crippen LogP contribution in [0.2, 0.25) is 0 Å². The predicted molar refractivity (Wildman–Crippen MR) is 210 cm³/mol. The molecule has 0 radical (unpaired) electrons. The van der Waals surface area contributed by atoms with Crippen molar-refractivity contribution in [2.45, 2.75) is 173 Å². The molecular weight excluding hydrogens is 736 g/mol. The van der Waals surface area contributed by atoms with Gasteiger partial charge in [-0.05, 0) is 31.3 Å². The van der Waals surface area contributed by atoms with Crippen LogP contribution in [-0.2, 0) is 47.5 Å². The molecule has 57 heavy (non-hydrogen) atoms. The third kappa shape index (κ3) is 11.8. The summed E-state index contributed by atoms with van der Waals surface area (Å²) in [6, 6.07) is 0. The maximum Gasteiger partial charge on any atom is 0.385 e. The molecule has 3 N–H and O–H groups in total. The van der Waals surface area contributed by atoms with Gasteiger partial charge in [0.2, 0.25) is 5.79 Å². The predicted octanol–water partition coefficient (Wildman–Crippen LogP) is 5.65. The number of aliphatic hydroxyl groups is 3. The molecule has 9 atom stereocenters. The van der Waals surface area contributed by atoms with Crippen LogP contribution >= 0.6 is 0 Å². The first-order valence-corrected chi connectivity index (χ1v) is 20.2. The van der Waals surface area contributed by atoms with Crippen LogP contribution in [0.5, 0.6) is 0 Å². The summed E-state index contributed by atoms with van der Waals surface area (Å²) in [7, 11) is 1.23. The Bertz CT molecular complexity index is 1600. The molecule has 0 aliphatic carbocycles. The van der Waals surface area contributed by atoms with Crippen LogP contribution < -0.4 is 0 Å². The monoisotopic (exact) mass is 800 g/mol. The van der Waals surface area contributed by atoms with Gasteiger partial charge in [-0.3, -0.25) is 4.79 Å². The minimum Gasteiger partial charge on any atom is -0.498 e. The van der Waals surface area contributed by atoms with Gasteiger partial charge in [0, 0.05) is 62.9 Å². The number of esters is 3. The highest BCUT2D eigenvalue weighted by molar-refractivity contribution is 5.89. The van der Waals surface area contributed by atoms with Gasteiger partial charge in [-0.2, -0.15) is 0 Å². The van der Waals surface area contributed by atoms with E-state index in [0.717, 1.165) is 24.8 Å². The van der Waals surface area contributed by atoms with Gasteiger partial charge in [0.1, 0.15) is 6.10 Å². The van der Waals surface area contributed by atoms with Crippen molar-refractivity contribution < 1.29 is 62.9 Å². The number of unbranched alkanes of at least 4 members (excludes halogenated alkanes) is 3. The van der Waals surface area contributed by atoms with Crippen LogP contribution in [0, 0.1) is 22.7 Å². The van der Waals surface area contributed by atoms with Crippen molar-refractivity contribution in [3.63, 3.8) is 0 Å². The van der Waals surface area contributed by atoms with Crippen molar-refractivity contribution in [3.05, 3.63) is 48.3 Å². The van der Waals surface area contributed by atoms with E-state index in [-0.39, 0.29) is 56.5 Å². The van der Waals surface area contributed by atoms with Crippen LogP contribution in [0.15, 0.2) is 48.3 Å². The lowest BCUT2D eigenvalue weighted by Crippen LogP contribution is -2.62. The first kappa shape index (κ1) is 46.2. The van der Waals surface area contributed by atoms with E-state index in [9.17, 15) is 29.7 Å². The van der Waals surface area contributed by atoms with Crippen molar-refractivity contribution in [1.29, 1.82) is 0 Å². The summed E-state index contributed by atoms with van der Waals surface area (Å²) in [6.07, 6.45) is 3.89. The molecule has 0 aromatic heterocycles. The normalized spacial score (nSPS) is 35.7. The van der Waals surface area contributed by atoms with E-state index in [1.807, 2.05) is 0 Å². The Hall–Kier alpha value is -3.51. The summed E-state index contributed by atoms with van der Waals surface area (Å²) in [4.78, 5) is 38.1. The Kier molecular flexibility index (Phi) is 15.8.